The molecule has 0 aromatic rings. The zero-order valence-corrected chi connectivity index (χ0v) is 9.35. The SMILES string of the molecule is NS(=O)(=O)C1CCCC12CCCCC2. The zero-order valence-electron chi connectivity index (χ0n) is 8.54. The van der Waals surface area contributed by atoms with Crippen molar-refractivity contribution < 1.29 is 8.42 Å². The van der Waals surface area contributed by atoms with Crippen molar-refractivity contribution in [1.82, 2.24) is 0 Å². The molecule has 82 valence electrons. The summed E-state index contributed by atoms with van der Waals surface area (Å²) in [6.07, 6.45) is 8.70. The maximum atomic E-state index is 11.5. The highest BCUT2D eigenvalue weighted by Gasteiger charge is 2.48. The lowest BCUT2D eigenvalue weighted by molar-refractivity contribution is 0.199. The Morgan fingerprint density at radius 3 is 2.14 bits per heavy atom. The molecule has 2 N–H and O–H groups in total. The molecular weight excluding hydrogens is 198 g/mol. The van der Waals surface area contributed by atoms with Crippen LogP contribution in [0.15, 0.2) is 0 Å². The molecule has 3 nitrogen and oxygen atoms in total. The van der Waals surface area contributed by atoms with Crippen molar-refractivity contribution in [1.29, 1.82) is 0 Å². The average molecular weight is 217 g/mol. The van der Waals surface area contributed by atoms with Crippen LogP contribution in [0.3, 0.4) is 0 Å². The van der Waals surface area contributed by atoms with Crippen molar-refractivity contribution in [2.45, 2.75) is 56.6 Å². The summed E-state index contributed by atoms with van der Waals surface area (Å²) >= 11 is 0. The second-order valence-corrected chi connectivity index (χ2v) is 6.64. The summed E-state index contributed by atoms with van der Waals surface area (Å²) in [7, 11) is -3.31. The van der Waals surface area contributed by atoms with Gasteiger partial charge in [-0.1, -0.05) is 25.7 Å². The first-order valence-electron chi connectivity index (χ1n) is 5.56. The molecule has 0 saturated heterocycles. The molecule has 0 amide bonds. The minimum Gasteiger partial charge on any atom is -0.228 e. The van der Waals surface area contributed by atoms with Gasteiger partial charge in [-0.2, -0.15) is 0 Å². The molecule has 2 aliphatic rings. The largest absolute Gasteiger partial charge is 0.228 e. The monoisotopic (exact) mass is 217 g/mol. The van der Waals surface area contributed by atoms with Gasteiger partial charge in [0.15, 0.2) is 0 Å². The molecule has 2 rings (SSSR count). The van der Waals surface area contributed by atoms with Crippen molar-refractivity contribution in [2.24, 2.45) is 10.6 Å². The molecule has 1 unspecified atom stereocenters. The van der Waals surface area contributed by atoms with Crippen LogP contribution in [-0.2, 0) is 10.0 Å². The van der Waals surface area contributed by atoms with Gasteiger partial charge in [0.1, 0.15) is 0 Å². The van der Waals surface area contributed by atoms with Gasteiger partial charge in [0.05, 0.1) is 5.25 Å². The Morgan fingerprint density at radius 2 is 1.57 bits per heavy atom. The third-order valence-electron chi connectivity index (χ3n) is 4.07. The standard InChI is InChI=1S/C10H19NO2S/c11-14(12,13)9-5-4-8-10(9)6-2-1-3-7-10/h9H,1-8H2,(H2,11,12,13). The molecular formula is C10H19NO2S. The van der Waals surface area contributed by atoms with E-state index in [1.165, 1.54) is 19.3 Å². The van der Waals surface area contributed by atoms with Crippen molar-refractivity contribution in [3.05, 3.63) is 0 Å². The highest BCUT2D eigenvalue weighted by atomic mass is 32.2. The molecule has 1 atom stereocenters. The van der Waals surface area contributed by atoms with Crippen LogP contribution in [0.25, 0.3) is 0 Å². The molecule has 0 aromatic heterocycles. The van der Waals surface area contributed by atoms with Gasteiger partial charge in [-0.25, -0.2) is 13.6 Å². The van der Waals surface area contributed by atoms with E-state index in [1.807, 2.05) is 0 Å². The highest BCUT2D eigenvalue weighted by Crippen LogP contribution is 2.51. The fraction of sp³-hybridized carbons (Fsp3) is 1.00. The summed E-state index contributed by atoms with van der Waals surface area (Å²) < 4.78 is 23.0. The molecule has 0 radical (unpaired) electrons. The lowest BCUT2D eigenvalue weighted by atomic mass is 9.73. The van der Waals surface area contributed by atoms with Crippen LogP contribution >= 0.6 is 0 Å². The Balaban J connectivity index is 2.24. The van der Waals surface area contributed by atoms with Crippen LogP contribution in [0, 0.1) is 5.41 Å². The van der Waals surface area contributed by atoms with E-state index in [4.69, 9.17) is 5.14 Å². The van der Waals surface area contributed by atoms with Crippen LogP contribution in [0.1, 0.15) is 51.4 Å². The minimum atomic E-state index is -3.31. The Kier molecular flexibility index (Phi) is 2.60. The maximum Gasteiger partial charge on any atom is 0.212 e. The predicted octanol–water partition coefficient (Wildman–Crippen LogP) is 1.78. The Morgan fingerprint density at radius 1 is 1.00 bits per heavy atom. The van der Waals surface area contributed by atoms with E-state index in [0.29, 0.717) is 0 Å². The van der Waals surface area contributed by atoms with Gasteiger partial charge in [-0.05, 0) is 31.1 Å². The van der Waals surface area contributed by atoms with E-state index in [-0.39, 0.29) is 10.7 Å². The maximum absolute atomic E-state index is 11.5. The Labute approximate surface area is 86.1 Å². The molecule has 2 saturated carbocycles. The van der Waals surface area contributed by atoms with Gasteiger partial charge in [0.2, 0.25) is 10.0 Å². The fourth-order valence-corrected chi connectivity index (χ4v) is 4.99. The number of hydrogen-bond acceptors (Lipinski definition) is 2. The quantitative estimate of drug-likeness (QED) is 0.727. The van der Waals surface area contributed by atoms with E-state index in [9.17, 15) is 8.42 Å². The Hall–Kier alpha value is -0.0900. The van der Waals surface area contributed by atoms with E-state index >= 15 is 0 Å². The Bertz CT molecular complexity index is 304. The smallest absolute Gasteiger partial charge is 0.212 e. The van der Waals surface area contributed by atoms with Crippen LogP contribution in [-0.4, -0.2) is 13.7 Å². The van der Waals surface area contributed by atoms with E-state index in [1.54, 1.807) is 0 Å². The first-order chi connectivity index (χ1) is 6.55. The van der Waals surface area contributed by atoms with Crippen LogP contribution in [0.4, 0.5) is 0 Å². The van der Waals surface area contributed by atoms with Crippen molar-refractivity contribution in [2.75, 3.05) is 0 Å². The summed E-state index contributed by atoms with van der Waals surface area (Å²) in [4.78, 5) is 0. The summed E-state index contributed by atoms with van der Waals surface area (Å²) in [6.45, 7) is 0. The summed E-state index contributed by atoms with van der Waals surface area (Å²) in [5, 5.41) is 5.08. The molecule has 0 aliphatic heterocycles. The number of sulfonamides is 1. The predicted molar refractivity (Wildman–Crippen MR) is 56.3 cm³/mol. The molecule has 1 spiro atoms. The molecule has 0 aromatic carbocycles. The van der Waals surface area contributed by atoms with Crippen molar-refractivity contribution in [3.8, 4) is 0 Å². The van der Waals surface area contributed by atoms with Gasteiger partial charge >= 0.3 is 0 Å². The van der Waals surface area contributed by atoms with Crippen molar-refractivity contribution in [3.63, 3.8) is 0 Å². The normalized spacial score (nSPS) is 32.2. The first-order valence-corrected chi connectivity index (χ1v) is 7.17. The average Bonchev–Trinajstić information content (AvgIpc) is 2.49. The summed E-state index contributed by atoms with van der Waals surface area (Å²) in [6, 6.07) is 0. The third kappa shape index (κ3) is 1.70. The minimum absolute atomic E-state index is 0.0613. The topological polar surface area (TPSA) is 60.2 Å². The summed E-state index contributed by atoms with van der Waals surface area (Å²) in [5.74, 6) is 0. The van der Waals surface area contributed by atoms with Crippen LogP contribution in [0.2, 0.25) is 0 Å². The number of hydrogen-bond donors (Lipinski definition) is 1. The molecule has 4 heteroatoms. The van der Waals surface area contributed by atoms with E-state index in [0.717, 1.165) is 32.1 Å². The van der Waals surface area contributed by atoms with Crippen LogP contribution in [0.5, 0.6) is 0 Å². The molecule has 2 aliphatic carbocycles. The van der Waals surface area contributed by atoms with E-state index in [2.05, 4.69) is 0 Å². The highest BCUT2D eigenvalue weighted by molar-refractivity contribution is 7.89. The molecule has 0 bridgehead atoms. The lowest BCUT2D eigenvalue weighted by Gasteiger charge is -2.37. The molecule has 2 fully saturated rings. The lowest BCUT2D eigenvalue weighted by Crippen LogP contribution is -2.41. The fourth-order valence-electron chi connectivity index (χ4n) is 3.45. The number of primary sulfonamides is 1. The number of nitrogens with two attached hydrogens (primary N) is 1. The molecule has 0 heterocycles. The second kappa shape index (κ2) is 3.49. The second-order valence-electron chi connectivity index (χ2n) is 4.89. The van der Waals surface area contributed by atoms with Gasteiger partial charge in [0.25, 0.3) is 0 Å². The van der Waals surface area contributed by atoms with E-state index < -0.39 is 10.0 Å². The summed E-state index contributed by atoms with van der Waals surface area (Å²) in [5.41, 5.74) is 0.0613. The molecule has 14 heavy (non-hydrogen) atoms. The van der Waals surface area contributed by atoms with Gasteiger partial charge in [-0.15, -0.1) is 0 Å². The van der Waals surface area contributed by atoms with Crippen molar-refractivity contribution >= 4 is 10.0 Å². The zero-order chi connectivity index (χ0) is 10.2. The van der Waals surface area contributed by atoms with Gasteiger partial charge < -0.3 is 0 Å². The van der Waals surface area contributed by atoms with Gasteiger partial charge in [-0.3, -0.25) is 0 Å². The third-order valence-corrected chi connectivity index (χ3v) is 5.60. The van der Waals surface area contributed by atoms with Gasteiger partial charge in [0, 0.05) is 0 Å². The number of rotatable bonds is 1. The van der Waals surface area contributed by atoms with Crippen LogP contribution < -0.4 is 5.14 Å². The first kappa shape index (κ1) is 10.4.